The molecule has 0 N–H and O–H groups in total. The summed E-state index contributed by atoms with van der Waals surface area (Å²) in [6.07, 6.45) is 1.80. The fourth-order valence-electron chi connectivity index (χ4n) is 4.07. The van der Waals surface area contributed by atoms with E-state index in [0.717, 1.165) is 22.3 Å². The van der Waals surface area contributed by atoms with Crippen molar-refractivity contribution in [3.8, 4) is 11.1 Å². The average molecular weight is 445 g/mol. The van der Waals surface area contributed by atoms with E-state index in [1.165, 1.54) is 10.6 Å². The van der Waals surface area contributed by atoms with Gasteiger partial charge in [-0.05, 0) is 52.9 Å². The first-order valence-corrected chi connectivity index (χ1v) is 10.8. The number of hydrogen-bond donors (Lipinski definition) is 0. The van der Waals surface area contributed by atoms with Gasteiger partial charge in [0.05, 0.1) is 5.52 Å². The molecular weight excluding hydrogens is 424 g/mol. The third kappa shape index (κ3) is 3.85. The lowest BCUT2D eigenvalue weighted by molar-refractivity contribution is 0.196. The van der Waals surface area contributed by atoms with Crippen LogP contribution in [0.3, 0.4) is 0 Å². The number of para-hydroxylation sites is 1. The molecule has 7 heteroatoms. The highest BCUT2D eigenvalue weighted by Crippen LogP contribution is 2.25. The molecule has 1 amide bonds. The molecule has 1 saturated heterocycles. The maximum absolute atomic E-state index is 13.2. The van der Waals surface area contributed by atoms with Gasteiger partial charge in [0.2, 0.25) is 0 Å². The second kappa shape index (κ2) is 8.48. The normalized spacial score (nSPS) is 14.0. The number of benzene rings is 2. The van der Waals surface area contributed by atoms with Crippen molar-refractivity contribution >= 4 is 34.4 Å². The quantitative estimate of drug-likeness (QED) is 0.456. The summed E-state index contributed by atoms with van der Waals surface area (Å²) in [4.78, 5) is 34.1. The Labute approximate surface area is 190 Å². The lowest BCUT2D eigenvalue weighted by Crippen LogP contribution is -2.51. The zero-order valence-corrected chi connectivity index (χ0v) is 18.1. The average Bonchev–Trinajstić information content (AvgIpc) is 2.84. The SMILES string of the molecule is O=C(N1CCN(c2cc(-c3ccc(Cl)cc3)ccn2)CC1)n1c(=O)ccc2ccccc21. The van der Waals surface area contributed by atoms with Crippen molar-refractivity contribution in [3.05, 3.63) is 94.4 Å². The first kappa shape index (κ1) is 20.3. The van der Waals surface area contributed by atoms with Crippen LogP contribution < -0.4 is 10.5 Å². The molecule has 3 heterocycles. The van der Waals surface area contributed by atoms with E-state index < -0.39 is 0 Å². The molecular formula is C25H21ClN4O2. The number of amides is 1. The number of aromatic nitrogens is 2. The molecule has 0 unspecified atom stereocenters. The summed E-state index contributed by atoms with van der Waals surface area (Å²) in [6, 6.07) is 22.1. The third-order valence-electron chi connectivity index (χ3n) is 5.79. The van der Waals surface area contributed by atoms with E-state index in [2.05, 4.69) is 16.0 Å². The molecule has 5 rings (SSSR count). The molecule has 6 nitrogen and oxygen atoms in total. The van der Waals surface area contributed by atoms with Crippen LogP contribution >= 0.6 is 11.6 Å². The second-order valence-electron chi connectivity index (χ2n) is 7.73. The third-order valence-corrected chi connectivity index (χ3v) is 6.04. The fourth-order valence-corrected chi connectivity index (χ4v) is 4.19. The molecule has 4 aromatic rings. The largest absolute Gasteiger partial charge is 0.353 e. The van der Waals surface area contributed by atoms with Crippen LogP contribution in [0.1, 0.15) is 0 Å². The highest BCUT2D eigenvalue weighted by molar-refractivity contribution is 6.30. The van der Waals surface area contributed by atoms with Gasteiger partial charge in [-0.25, -0.2) is 14.3 Å². The van der Waals surface area contributed by atoms with Crippen molar-refractivity contribution in [3.63, 3.8) is 0 Å². The zero-order chi connectivity index (χ0) is 22.1. The van der Waals surface area contributed by atoms with Gasteiger partial charge in [-0.3, -0.25) is 4.79 Å². The summed E-state index contributed by atoms with van der Waals surface area (Å²) in [5, 5.41) is 1.57. The molecule has 160 valence electrons. The van der Waals surface area contributed by atoms with Gasteiger partial charge in [0.15, 0.2) is 0 Å². The van der Waals surface area contributed by atoms with Crippen molar-refractivity contribution in [1.29, 1.82) is 0 Å². The number of carbonyl (C=O) groups excluding carboxylic acids is 1. The predicted octanol–water partition coefficient (Wildman–Crippen LogP) is 4.51. The molecule has 0 aliphatic carbocycles. The number of piperazine rings is 1. The number of fused-ring (bicyclic) bond motifs is 1. The highest BCUT2D eigenvalue weighted by Gasteiger charge is 2.24. The molecule has 1 fully saturated rings. The molecule has 2 aromatic carbocycles. The monoisotopic (exact) mass is 444 g/mol. The number of pyridine rings is 2. The Morgan fingerprint density at radius 2 is 1.59 bits per heavy atom. The topological polar surface area (TPSA) is 58.4 Å². The van der Waals surface area contributed by atoms with Gasteiger partial charge < -0.3 is 9.80 Å². The van der Waals surface area contributed by atoms with E-state index in [0.29, 0.717) is 36.7 Å². The summed E-state index contributed by atoms with van der Waals surface area (Å²) < 4.78 is 1.27. The van der Waals surface area contributed by atoms with Crippen LogP contribution in [0.4, 0.5) is 10.6 Å². The van der Waals surface area contributed by atoms with Gasteiger partial charge in [-0.15, -0.1) is 0 Å². The highest BCUT2D eigenvalue weighted by atomic mass is 35.5. The fraction of sp³-hybridized carbons (Fsp3) is 0.160. The zero-order valence-electron chi connectivity index (χ0n) is 17.3. The predicted molar refractivity (Wildman–Crippen MR) is 127 cm³/mol. The maximum atomic E-state index is 13.2. The number of nitrogens with zero attached hydrogens (tertiary/aromatic N) is 4. The lowest BCUT2D eigenvalue weighted by atomic mass is 10.1. The molecule has 1 aliphatic heterocycles. The first-order chi connectivity index (χ1) is 15.6. The second-order valence-corrected chi connectivity index (χ2v) is 8.17. The van der Waals surface area contributed by atoms with E-state index in [-0.39, 0.29) is 11.6 Å². The molecule has 0 spiro atoms. The van der Waals surface area contributed by atoms with E-state index in [1.807, 2.05) is 48.5 Å². The van der Waals surface area contributed by atoms with Crippen LogP contribution in [0.2, 0.25) is 5.02 Å². The van der Waals surface area contributed by atoms with Gasteiger partial charge in [0.1, 0.15) is 5.82 Å². The molecule has 0 atom stereocenters. The van der Waals surface area contributed by atoms with Crippen LogP contribution in [0.25, 0.3) is 22.0 Å². The first-order valence-electron chi connectivity index (χ1n) is 10.5. The van der Waals surface area contributed by atoms with Crippen molar-refractivity contribution in [2.45, 2.75) is 0 Å². The Bertz CT molecular complexity index is 1340. The number of hydrogen-bond acceptors (Lipinski definition) is 4. The molecule has 0 saturated carbocycles. The molecule has 1 aliphatic rings. The van der Waals surface area contributed by atoms with Gasteiger partial charge >= 0.3 is 6.03 Å². The maximum Gasteiger partial charge on any atom is 0.331 e. The standard InChI is InChI=1S/C25H21ClN4O2/c26-21-8-5-18(6-9-21)20-11-12-27-23(17-20)28-13-15-29(16-14-28)25(32)30-22-4-2-1-3-19(22)7-10-24(30)31/h1-12,17H,13-16H2. The van der Waals surface area contributed by atoms with Gasteiger partial charge in [0, 0.05) is 43.5 Å². The van der Waals surface area contributed by atoms with Crippen molar-refractivity contribution in [2.75, 3.05) is 31.1 Å². The molecule has 0 bridgehead atoms. The number of anilines is 1. The van der Waals surface area contributed by atoms with Crippen LogP contribution in [0.15, 0.2) is 83.8 Å². The minimum absolute atomic E-state index is 0.283. The Balaban J connectivity index is 1.33. The van der Waals surface area contributed by atoms with E-state index >= 15 is 0 Å². The lowest BCUT2D eigenvalue weighted by Gasteiger charge is -2.35. The molecule has 32 heavy (non-hydrogen) atoms. The summed E-state index contributed by atoms with van der Waals surface area (Å²) in [6.45, 7) is 2.31. The summed E-state index contributed by atoms with van der Waals surface area (Å²) in [5.41, 5.74) is 2.45. The van der Waals surface area contributed by atoms with Gasteiger partial charge in [-0.2, -0.15) is 0 Å². The van der Waals surface area contributed by atoms with Crippen molar-refractivity contribution in [2.24, 2.45) is 0 Å². The van der Waals surface area contributed by atoms with Gasteiger partial charge in [-0.1, -0.05) is 41.9 Å². The van der Waals surface area contributed by atoms with E-state index in [1.54, 1.807) is 23.2 Å². The Kier molecular flexibility index (Phi) is 5.37. The number of halogens is 1. The van der Waals surface area contributed by atoms with Crippen LogP contribution in [0.5, 0.6) is 0 Å². The van der Waals surface area contributed by atoms with Gasteiger partial charge in [0.25, 0.3) is 5.56 Å². The number of carbonyl (C=O) groups is 1. The van der Waals surface area contributed by atoms with Crippen LogP contribution in [-0.4, -0.2) is 46.7 Å². The molecule has 0 radical (unpaired) electrons. The van der Waals surface area contributed by atoms with E-state index in [4.69, 9.17) is 11.6 Å². The summed E-state index contributed by atoms with van der Waals surface area (Å²) in [5.74, 6) is 0.867. The minimum atomic E-state index is -0.312. The van der Waals surface area contributed by atoms with Crippen molar-refractivity contribution < 1.29 is 4.79 Å². The van der Waals surface area contributed by atoms with Crippen LogP contribution in [0, 0.1) is 0 Å². The Morgan fingerprint density at radius 1 is 0.844 bits per heavy atom. The number of rotatable bonds is 2. The Hall–Kier alpha value is -3.64. The smallest absolute Gasteiger partial charge is 0.331 e. The Morgan fingerprint density at radius 3 is 2.38 bits per heavy atom. The van der Waals surface area contributed by atoms with Crippen molar-refractivity contribution in [1.82, 2.24) is 14.5 Å². The summed E-state index contributed by atoms with van der Waals surface area (Å²) in [7, 11) is 0. The van der Waals surface area contributed by atoms with E-state index in [9.17, 15) is 9.59 Å². The molecule has 2 aromatic heterocycles. The summed E-state index contributed by atoms with van der Waals surface area (Å²) >= 11 is 6.00. The van der Waals surface area contributed by atoms with Crippen LogP contribution in [-0.2, 0) is 0 Å². The minimum Gasteiger partial charge on any atom is -0.353 e.